The van der Waals surface area contributed by atoms with Crippen LogP contribution in [0.1, 0.15) is 34.3 Å². The summed E-state index contributed by atoms with van der Waals surface area (Å²) in [6, 6.07) is 15.8. The standard InChI is InChI=1S/C19H19N3OS/c1-14-22-16(13-24-14)12-21-19(23)11-17(15-7-3-2-4-8-15)18-9-5-6-10-20-18/h2-10,13,17H,11-12H2,1H3,(H,21,23). The van der Waals surface area contributed by atoms with Gasteiger partial charge < -0.3 is 5.32 Å². The Morgan fingerprint density at radius 2 is 1.96 bits per heavy atom. The van der Waals surface area contributed by atoms with Gasteiger partial charge in [-0.25, -0.2) is 4.98 Å². The summed E-state index contributed by atoms with van der Waals surface area (Å²) in [6.45, 7) is 2.43. The van der Waals surface area contributed by atoms with Gasteiger partial charge in [-0.3, -0.25) is 9.78 Å². The molecule has 5 heteroatoms. The summed E-state index contributed by atoms with van der Waals surface area (Å²) in [7, 11) is 0. The van der Waals surface area contributed by atoms with Gasteiger partial charge in [0.05, 0.1) is 17.2 Å². The van der Waals surface area contributed by atoms with E-state index in [4.69, 9.17) is 0 Å². The average Bonchev–Trinajstić information content (AvgIpc) is 3.05. The highest BCUT2D eigenvalue weighted by Crippen LogP contribution is 2.26. The number of aromatic nitrogens is 2. The third kappa shape index (κ3) is 4.26. The lowest BCUT2D eigenvalue weighted by Gasteiger charge is -2.16. The molecular formula is C19H19N3OS. The fraction of sp³-hybridized carbons (Fsp3) is 0.211. The van der Waals surface area contributed by atoms with Crippen LogP contribution in [0, 0.1) is 6.92 Å². The van der Waals surface area contributed by atoms with Gasteiger partial charge in [-0.2, -0.15) is 0 Å². The zero-order valence-corrected chi connectivity index (χ0v) is 14.3. The summed E-state index contributed by atoms with van der Waals surface area (Å²) in [5.41, 5.74) is 2.90. The Kier molecular flexibility index (Phi) is 5.33. The molecule has 0 fully saturated rings. The lowest BCUT2D eigenvalue weighted by Crippen LogP contribution is -2.25. The van der Waals surface area contributed by atoms with Gasteiger partial charge in [0.1, 0.15) is 0 Å². The first kappa shape index (κ1) is 16.3. The summed E-state index contributed by atoms with van der Waals surface area (Å²) in [5, 5.41) is 5.94. The zero-order chi connectivity index (χ0) is 16.8. The largest absolute Gasteiger partial charge is 0.350 e. The topological polar surface area (TPSA) is 54.9 Å². The van der Waals surface area contributed by atoms with Crippen molar-refractivity contribution < 1.29 is 4.79 Å². The fourth-order valence-electron chi connectivity index (χ4n) is 2.60. The van der Waals surface area contributed by atoms with Gasteiger partial charge >= 0.3 is 0 Å². The molecule has 1 atom stereocenters. The van der Waals surface area contributed by atoms with Crippen molar-refractivity contribution in [2.24, 2.45) is 0 Å². The van der Waals surface area contributed by atoms with Crippen molar-refractivity contribution in [1.82, 2.24) is 15.3 Å². The number of carbonyl (C=O) groups is 1. The number of benzene rings is 1. The summed E-state index contributed by atoms with van der Waals surface area (Å²) in [6.07, 6.45) is 2.13. The van der Waals surface area contributed by atoms with Crippen LogP contribution < -0.4 is 5.32 Å². The van der Waals surface area contributed by atoms with Crippen LogP contribution in [0.3, 0.4) is 0 Å². The molecule has 0 bridgehead atoms. The Morgan fingerprint density at radius 3 is 2.62 bits per heavy atom. The summed E-state index contributed by atoms with van der Waals surface area (Å²) in [5.74, 6) is -0.0512. The van der Waals surface area contributed by atoms with Gasteiger partial charge in [-0.15, -0.1) is 11.3 Å². The first-order valence-electron chi connectivity index (χ1n) is 7.86. The molecule has 1 unspecified atom stereocenters. The number of hydrogen-bond acceptors (Lipinski definition) is 4. The van der Waals surface area contributed by atoms with Crippen LogP contribution in [0.4, 0.5) is 0 Å². The molecule has 0 aliphatic carbocycles. The average molecular weight is 337 g/mol. The molecule has 122 valence electrons. The maximum atomic E-state index is 12.4. The number of aryl methyl sites for hydroxylation is 1. The van der Waals surface area contributed by atoms with Crippen LogP contribution in [0.15, 0.2) is 60.1 Å². The van der Waals surface area contributed by atoms with Crippen molar-refractivity contribution in [3.05, 3.63) is 82.1 Å². The van der Waals surface area contributed by atoms with E-state index in [0.717, 1.165) is 22.0 Å². The van der Waals surface area contributed by atoms with E-state index in [-0.39, 0.29) is 11.8 Å². The van der Waals surface area contributed by atoms with E-state index >= 15 is 0 Å². The molecular weight excluding hydrogens is 318 g/mol. The Morgan fingerprint density at radius 1 is 1.17 bits per heavy atom. The molecule has 2 aromatic heterocycles. The highest BCUT2D eigenvalue weighted by molar-refractivity contribution is 7.09. The van der Waals surface area contributed by atoms with Crippen LogP contribution >= 0.6 is 11.3 Å². The van der Waals surface area contributed by atoms with Gasteiger partial charge in [-0.1, -0.05) is 36.4 Å². The fourth-order valence-corrected chi connectivity index (χ4v) is 3.21. The van der Waals surface area contributed by atoms with E-state index in [2.05, 4.69) is 15.3 Å². The van der Waals surface area contributed by atoms with E-state index in [9.17, 15) is 4.79 Å². The molecule has 1 amide bonds. The molecule has 0 spiro atoms. The van der Waals surface area contributed by atoms with Gasteiger partial charge in [0.25, 0.3) is 0 Å². The second kappa shape index (κ2) is 7.84. The predicted molar refractivity (Wildman–Crippen MR) is 95.8 cm³/mol. The highest BCUT2D eigenvalue weighted by Gasteiger charge is 2.19. The normalized spacial score (nSPS) is 11.9. The number of rotatable bonds is 6. The maximum Gasteiger partial charge on any atom is 0.221 e. The van der Waals surface area contributed by atoms with Crippen LogP contribution in [0.2, 0.25) is 0 Å². The Balaban J connectivity index is 1.71. The molecule has 0 aliphatic heterocycles. The Labute approximate surface area is 145 Å². The molecule has 24 heavy (non-hydrogen) atoms. The van der Waals surface area contributed by atoms with Crippen molar-refractivity contribution in [3.63, 3.8) is 0 Å². The molecule has 2 heterocycles. The Hall–Kier alpha value is -2.53. The van der Waals surface area contributed by atoms with Crippen molar-refractivity contribution in [2.45, 2.75) is 25.8 Å². The SMILES string of the molecule is Cc1nc(CNC(=O)CC(c2ccccc2)c2ccccn2)cs1. The third-order valence-corrected chi connectivity index (χ3v) is 4.59. The van der Waals surface area contributed by atoms with Gasteiger partial charge in [0.2, 0.25) is 5.91 Å². The second-order valence-corrected chi connectivity index (χ2v) is 6.62. The highest BCUT2D eigenvalue weighted by atomic mass is 32.1. The van der Waals surface area contributed by atoms with Crippen molar-refractivity contribution in [2.75, 3.05) is 0 Å². The van der Waals surface area contributed by atoms with E-state index in [0.29, 0.717) is 13.0 Å². The molecule has 3 rings (SSSR count). The predicted octanol–water partition coefficient (Wildman–Crippen LogP) is 3.68. The summed E-state index contributed by atoms with van der Waals surface area (Å²) >= 11 is 1.59. The number of hydrogen-bond donors (Lipinski definition) is 1. The second-order valence-electron chi connectivity index (χ2n) is 5.56. The van der Waals surface area contributed by atoms with E-state index < -0.39 is 0 Å². The minimum atomic E-state index is -0.0513. The molecule has 0 radical (unpaired) electrons. The van der Waals surface area contributed by atoms with Crippen LogP contribution in [0.5, 0.6) is 0 Å². The maximum absolute atomic E-state index is 12.4. The number of carbonyl (C=O) groups excluding carboxylic acids is 1. The first-order chi connectivity index (χ1) is 11.7. The minimum Gasteiger partial charge on any atom is -0.350 e. The zero-order valence-electron chi connectivity index (χ0n) is 13.5. The molecule has 1 N–H and O–H groups in total. The molecule has 0 saturated carbocycles. The third-order valence-electron chi connectivity index (χ3n) is 3.77. The summed E-state index contributed by atoms with van der Waals surface area (Å²) < 4.78 is 0. The molecule has 1 aromatic carbocycles. The number of nitrogens with zero attached hydrogens (tertiary/aromatic N) is 2. The number of amides is 1. The van der Waals surface area contributed by atoms with E-state index in [1.54, 1.807) is 17.5 Å². The summed E-state index contributed by atoms with van der Waals surface area (Å²) in [4.78, 5) is 21.2. The number of pyridine rings is 1. The smallest absolute Gasteiger partial charge is 0.221 e. The van der Waals surface area contributed by atoms with Gasteiger partial charge in [0.15, 0.2) is 0 Å². The van der Waals surface area contributed by atoms with Crippen LogP contribution in [-0.4, -0.2) is 15.9 Å². The molecule has 3 aromatic rings. The lowest BCUT2D eigenvalue weighted by molar-refractivity contribution is -0.121. The minimum absolute atomic E-state index is 0.000147. The Bertz CT molecular complexity index is 747. The van der Waals surface area contributed by atoms with Gasteiger partial charge in [-0.05, 0) is 24.6 Å². The number of thiazole rings is 1. The number of nitrogens with one attached hydrogen (secondary N) is 1. The molecule has 4 nitrogen and oxygen atoms in total. The van der Waals surface area contributed by atoms with Crippen molar-refractivity contribution in [3.8, 4) is 0 Å². The van der Waals surface area contributed by atoms with E-state index in [1.165, 1.54) is 0 Å². The van der Waals surface area contributed by atoms with Gasteiger partial charge in [0, 0.05) is 29.6 Å². The van der Waals surface area contributed by atoms with Crippen LogP contribution in [-0.2, 0) is 11.3 Å². The lowest BCUT2D eigenvalue weighted by atomic mass is 9.91. The van der Waals surface area contributed by atoms with Crippen molar-refractivity contribution >= 4 is 17.2 Å². The van der Waals surface area contributed by atoms with Crippen molar-refractivity contribution in [1.29, 1.82) is 0 Å². The van der Waals surface area contributed by atoms with Crippen LogP contribution in [0.25, 0.3) is 0 Å². The quantitative estimate of drug-likeness (QED) is 0.746. The molecule has 0 aliphatic rings. The first-order valence-corrected chi connectivity index (χ1v) is 8.74. The monoisotopic (exact) mass is 337 g/mol. The van der Waals surface area contributed by atoms with E-state index in [1.807, 2.05) is 60.8 Å². The molecule has 0 saturated heterocycles.